The summed E-state index contributed by atoms with van der Waals surface area (Å²) in [6, 6.07) is 0. The average Bonchev–Trinajstić information content (AvgIpc) is 2.46. The van der Waals surface area contributed by atoms with Crippen molar-refractivity contribution in [1.29, 1.82) is 0 Å². The molecule has 0 aromatic heterocycles. The molecule has 0 spiro atoms. The number of carbonyl (C=O) groups is 4. The number of carbonyl (C=O) groups excluding carboxylic acids is 2. The highest BCUT2D eigenvalue weighted by Gasteiger charge is 2.26. The summed E-state index contributed by atoms with van der Waals surface area (Å²) >= 11 is 0. The van der Waals surface area contributed by atoms with E-state index in [-0.39, 0.29) is 51.4 Å². The van der Waals surface area contributed by atoms with Crippen molar-refractivity contribution in [3.8, 4) is 0 Å². The summed E-state index contributed by atoms with van der Waals surface area (Å²) in [7, 11) is 0. The fraction of sp³-hybridized carbons (Fsp3) is 0.714. The van der Waals surface area contributed by atoms with Gasteiger partial charge in [0.1, 0.15) is 0 Å². The zero-order valence-corrected chi connectivity index (χ0v) is 12.5. The van der Waals surface area contributed by atoms with Crippen LogP contribution in [0.1, 0.15) is 51.4 Å². The monoisotopic (exact) mass is 338 g/mol. The topological polar surface area (TPSA) is 118 Å². The molecule has 0 saturated carbocycles. The largest absolute Gasteiger partial charge is 0.481 e. The maximum absolute atomic E-state index is 13.4. The number of aliphatic carboxylic acids is 2. The molecule has 0 saturated heterocycles. The van der Waals surface area contributed by atoms with Gasteiger partial charge in [-0.3, -0.25) is 9.59 Å². The third kappa shape index (κ3) is 11.2. The zero-order chi connectivity index (χ0) is 17.8. The van der Waals surface area contributed by atoms with E-state index < -0.39 is 36.2 Å². The fourth-order valence-corrected chi connectivity index (χ4v) is 1.66. The van der Waals surface area contributed by atoms with Crippen molar-refractivity contribution in [2.75, 3.05) is 0 Å². The van der Waals surface area contributed by atoms with Crippen molar-refractivity contribution in [3.63, 3.8) is 0 Å². The lowest BCUT2D eigenvalue weighted by atomic mass is 10.1. The summed E-state index contributed by atoms with van der Waals surface area (Å²) in [6.07, 6.45) is -4.61. The molecule has 0 amide bonds. The lowest BCUT2D eigenvalue weighted by molar-refractivity contribution is -0.167. The van der Waals surface area contributed by atoms with Gasteiger partial charge in [0.05, 0.1) is 0 Å². The minimum atomic E-state index is -2.12. The first kappa shape index (κ1) is 20.9. The van der Waals surface area contributed by atoms with Gasteiger partial charge in [0.2, 0.25) is 0 Å². The number of esters is 2. The quantitative estimate of drug-likeness (QED) is 0.317. The van der Waals surface area contributed by atoms with E-state index in [0.29, 0.717) is 0 Å². The lowest BCUT2D eigenvalue weighted by Gasteiger charge is -2.09. The van der Waals surface area contributed by atoms with Crippen LogP contribution in [0.2, 0.25) is 0 Å². The molecular weight excluding hydrogens is 318 g/mol. The SMILES string of the molecule is O=C(O)CCCCC(F)C(=O)OC(=O)C(F)CCCCC(=O)O. The number of carboxylic acids is 2. The molecule has 132 valence electrons. The van der Waals surface area contributed by atoms with Gasteiger partial charge in [-0.15, -0.1) is 0 Å². The van der Waals surface area contributed by atoms with E-state index in [1.54, 1.807) is 0 Å². The molecule has 0 heterocycles. The van der Waals surface area contributed by atoms with E-state index in [9.17, 15) is 28.0 Å². The number of ether oxygens (including phenoxy) is 1. The van der Waals surface area contributed by atoms with Crippen molar-refractivity contribution in [2.24, 2.45) is 0 Å². The number of carboxylic acid groups (broad SMARTS) is 2. The molecule has 2 atom stereocenters. The van der Waals surface area contributed by atoms with Gasteiger partial charge in [0, 0.05) is 12.8 Å². The summed E-state index contributed by atoms with van der Waals surface area (Å²) in [5, 5.41) is 16.8. The molecule has 0 fully saturated rings. The van der Waals surface area contributed by atoms with Gasteiger partial charge in [0.25, 0.3) is 0 Å². The second kappa shape index (κ2) is 11.5. The Labute approximate surface area is 131 Å². The van der Waals surface area contributed by atoms with Crippen LogP contribution in [0, 0.1) is 0 Å². The summed E-state index contributed by atoms with van der Waals surface area (Å²) in [5.41, 5.74) is 0. The molecule has 9 heteroatoms. The van der Waals surface area contributed by atoms with Crippen LogP contribution in [0.15, 0.2) is 0 Å². The number of hydrogen-bond acceptors (Lipinski definition) is 5. The second-order valence-corrected chi connectivity index (χ2v) is 4.95. The van der Waals surface area contributed by atoms with E-state index in [0.717, 1.165) is 0 Å². The Balaban J connectivity index is 3.95. The molecule has 2 unspecified atom stereocenters. The maximum atomic E-state index is 13.4. The normalized spacial score (nSPS) is 13.1. The number of rotatable bonds is 12. The van der Waals surface area contributed by atoms with Crippen LogP contribution >= 0.6 is 0 Å². The smallest absolute Gasteiger partial charge is 0.348 e. The van der Waals surface area contributed by atoms with E-state index in [4.69, 9.17) is 10.2 Å². The predicted octanol–water partition coefficient (Wildman–Crippen LogP) is 2.02. The number of hydrogen-bond donors (Lipinski definition) is 2. The maximum Gasteiger partial charge on any atom is 0.348 e. The lowest BCUT2D eigenvalue weighted by Crippen LogP contribution is -2.27. The zero-order valence-electron chi connectivity index (χ0n) is 12.5. The van der Waals surface area contributed by atoms with Crippen LogP contribution in [0.3, 0.4) is 0 Å². The van der Waals surface area contributed by atoms with E-state index in [1.165, 1.54) is 0 Å². The highest BCUT2D eigenvalue weighted by atomic mass is 19.1. The van der Waals surface area contributed by atoms with Crippen LogP contribution in [-0.2, 0) is 23.9 Å². The summed E-state index contributed by atoms with van der Waals surface area (Å²) < 4.78 is 30.8. The molecule has 0 aliphatic rings. The van der Waals surface area contributed by atoms with Crippen LogP contribution < -0.4 is 0 Å². The molecule has 0 rings (SSSR count). The first-order valence-electron chi connectivity index (χ1n) is 7.21. The van der Waals surface area contributed by atoms with Gasteiger partial charge in [-0.05, 0) is 38.5 Å². The second-order valence-electron chi connectivity index (χ2n) is 4.95. The Kier molecular flexibility index (Phi) is 10.5. The molecule has 0 aromatic carbocycles. The first-order valence-corrected chi connectivity index (χ1v) is 7.21. The van der Waals surface area contributed by atoms with E-state index in [2.05, 4.69) is 4.74 Å². The number of unbranched alkanes of at least 4 members (excludes halogenated alkanes) is 2. The molecule has 0 aliphatic heterocycles. The van der Waals surface area contributed by atoms with Gasteiger partial charge in [-0.1, -0.05) is 0 Å². The molecule has 7 nitrogen and oxygen atoms in total. The van der Waals surface area contributed by atoms with Gasteiger partial charge < -0.3 is 14.9 Å². The van der Waals surface area contributed by atoms with Crippen LogP contribution in [0.4, 0.5) is 8.78 Å². The molecular formula is C14H20F2O7. The molecule has 0 bridgehead atoms. The Bertz CT molecular complexity index is 387. The van der Waals surface area contributed by atoms with Gasteiger partial charge in [0.15, 0.2) is 12.3 Å². The van der Waals surface area contributed by atoms with Crippen molar-refractivity contribution < 1.29 is 42.9 Å². The fourth-order valence-electron chi connectivity index (χ4n) is 1.66. The summed E-state index contributed by atoms with van der Waals surface area (Å²) in [6.45, 7) is 0. The average molecular weight is 338 g/mol. The van der Waals surface area contributed by atoms with Crippen molar-refractivity contribution >= 4 is 23.9 Å². The first-order chi connectivity index (χ1) is 10.7. The molecule has 2 N–H and O–H groups in total. The Morgan fingerprint density at radius 3 is 1.39 bits per heavy atom. The van der Waals surface area contributed by atoms with E-state index in [1.807, 2.05) is 0 Å². The Morgan fingerprint density at radius 1 is 0.739 bits per heavy atom. The van der Waals surface area contributed by atoms with Gasteiger partial charge >= 0.3 is 23.9 Å². The van der Waals surface area contributed by atoms with Crippen molar-refractivity contribution in [1.82, 2.24) is 0 Å². The van der Waals surface area contributed by atoms with Gasteiger partial charge in [-0.25, -0.2) is 18.4 Å². The van der Waals surface area contributed by atoms with Crippen molar-refractivity contribution in [2.45, 2.75) is 63.7 Å². The highest BCUT2D eigenvalue weighted by molar-refractivity contribution is 5.89. The van der Waals surface area contributed by atoms with Crippen LogP contribution in [-0.4, -0.2) is 46.4 Å². The molecule has 0 radical (unpaired) electrons. The van der Waals surface area contributed by atoms with Gasteiger partial charge in [-0.2, -0.15) is 0 Å². The Morgan fingerprint density at radius 2 is 1.09 bits per heavy atom. The summed E-state index contributed by atoms with van der Waals surface area (Å²) in [5.74, 6) is -5.08. The molecule has 0 aliphatic carbocycles. The Hall–Kier alpha value is -2.06. The molecule has 0 aromatic rings. The van der Waals surface area contributed by atoms with Crippen molar-refractivity contribution in [3.05, 3.63) is 0 Å². The van der Waals surface area contributed by atoms with Crippen LogP contribution in [0.25, 0.3) is 0 Å². The van der Waals surface area contributed by atoms with E-state index >= 15 is 0 Å². The molecule has 23 heavy (non-hydrogen) atoms. The highest BCUT2D eigenvalue weighted by Crippen LogP contribution is 2.12. The number of halogens is 2. The minimum absolute atomic E-state index is 0.116. The number of alkyl halides is 2. The summed E-state index contributed by atoms with van der Waals surface area (Å²) in [4.78, 5) is 42.9. The predicted molar refractivity (Wildman–Crippen MR) is 73.1 cm³/mol. The third-order valence-electron chi connectivity index (χ3n) is 2.91. The van der Waals surface area contributed by atoms with Crippen LogP contribution in [0.5, 0.6) is 0 Å². The third-order valence-corrected chi connectivity index (χ3v) is 2.91. The minimum Gasteiger partial charge on any atom is -0.481 e. The standard InChI is InChI=1S/C14H20F2O7/c15-9(5-1-3-7-11(17)18)13(21)23-14(22)10(16)6-2-4-8-12(19)20/h9-10H,1-8H2,(H,17,18)(H,19,20).